The second kappa shape index (κ2) is 11.2. The molecule has 1 amide bonds. The van der Waals surface area contributed by atoms with E-state index in [0.717, 1.165) is 42.9 Å². The Morgan fingerprint density at radius 2 is 1.79 bits per heavy atom. The molecular weight excluding hydrogens is 530 g/mol. The quantitative estimate of drug-likeness (QED) is 0.263. The van der Waals surface area contributed by atoms with Crippen LogP contribution >= 0.6 is 0 Å². The normalized spacial score (nSPS) is 16.7. The molecule has 42 heavy (non-hydrogen) atoms. The average Bonchev–Trinajstić information content (AvgIpc) is 3.68. The van der Waals surface area contributed by atoms with Gasteiger partial charge in [0.15, 0.2) is 11.6 Å². The number of carbonyl (C=O) groups is 1. The minimum atomic E-state index is -0.249. The van der Waals surface area contributed by atoms with Crippen molar-refractivity contribution < 1.29 is 4.79 Å². The third kappa shape index (κ3) is 5.71. The number of nitrogens with one attached hydrogen (secondary N) is 3. The lowest BCUT2D eigenvalue weighted by Crippen LogP contribution is -2.44. The molecule has 0 saturated carbocycles. The van der Waals surface area contributed by atoms with E-state index in [9.17, 15) is 4.79 Å². The van der Waals surface area contributed by atoms with Crippen LogP contribution in [0.5, 0.6) is 0 Å². The van der Waals surface area contributed by atoms with Crippen molar-refractivity contribution in [1.29, 1.82) is 0 Å². The maximum absolute atomic E-state index is 13.1. The van der Waals surface area contributed by atoms with Crippen molar-refractivity contribution in [3.05, 3.63) is 47.4 Å². The molecule has 1 aromatic carbocycles. The molecule has 0 radical (unpaired) electrons. The van der Waals surface area contributed by atoms with Crippen LogP contribution < -0.4 is 21.3 Å². The van der Waals surface area contributed by atoms with Gasteiger partial charge in [-0.3, -0.25) is 9.89 Å². The van der Waals surface area contributed by atoms with Crippen LogP contribution in [0.3, 0.4) is 0 Å². The van der Waals surface area contributed by atoms with Crippen molar-refractivity contribution in [3.63, 3.8) is 0 Å². The molecule has 0 atom stereocenters. The number of amides is 1. The number of piperidine rings is 1. The van der Waals surface area contributed by atoms with Crippen LogP contribution in [0.4, 0.5) is 29.1 Å². The Bertz CT molecular complexity index is 1590. The van der Waals surface area contributed by atoms with Crippen molar-refractivity contribution in [2.75, 3.05) is 47.4 Å². The minimum Gasteiger partial charge on any atom is -0.382 e. The number of nitrogens with two attached hydrogens (primary N) is 1. The Kier molecular flexibility index (Phi) is 7.40. The van der Waals surface area contributed by atoms with Crippen LogP contribution in [0.15, 0.2) is 30.6 Å². The summed E-state index contributed by atoms with van der Waals surface area (Å²) >= 11 is 0. The summed E-state index contributed by atoms with van der Waals surface area (Å²) in [6, 6.07) is 7.97. The van der Waals surface area contributed by atoms with Crippen LogP contribution in [0.2, 0.25) is 0 Å². The van der Waals surface area contributed by atoms with Crippen molar-refractivity contribution in [1.82, 2.24) is 35.0 Å². The molecule has 6 rings (SSSR count). The lowest BCUT2D eigenvalue weighted by Gasteiger charge is -2.36. The van der Waals surface area contributed by atoms with Gasteiger partial charge in [-0.05, 0) is 63.4 Å². The van der Waals surface area contributed by atoms with E-state index >= 15 is 0 Å². The number of carbonyl (C=O) groups excluding carboxylic acids is 1. The fraction of sp³-hybridized carbons (Fsp3) is 0.467. The van der Waals surface area contributed by atoms with E-state index in [1.54, 1.807) is 12.1 Å². The van der Waals surface area contributed by atoms with Crippen LogP contribution in [-0.4, -0.2) is 73.2 Å². The number of aromatic amines is 1. The highest BCUT2D eigenvalue weighted by Crippen LogP contribution is 2.30. The number of rotatable bonds is 6. The van der Waals surface area contributed by atoms with Gasteiger partial charge in [0.05, 0.1) is 5.69 Å². The van der Waals surface area contributed by atoms with E-state index < -0.39 is 0 Å². The number of fused-ring (bicyclic) bond motifs is 1. The number of likely N-dealkylation sites (tertiary alicyclic amines) is 1. The zero-order chi connectivity index (χ0) is 29.4. The van der Waals surface area contributed by atoms with Crippen LogP contribution in [0.25, 0.3) is 11.0 Å². The standard InChI is InChI=1S/C30H39N11O/c1-18-7-8-19(28(42)35-23-16-22(38-39-23)30(2,3)4)15-21(18)34-27-25-24(32-17-33-27)26(31)37-29(36-25)41-13-9-20(10-14-41)40-11-5-6-12-40/h7-8,15-17,20H,5-6,9-14H2,1-4H3,(H2,31,36,37)(H,32,33,34)(H2,35,38,39,42). The number of nitrogens with zero attached hydrogens (tertiary/aromatic N) is 7. The second-order valence-electron chi connectivity index (χ2n) is 12.3. The summed E-state index contributed by atoms with van der Waals surface area (Å²) in [5, 5.41) is 13.5. The Labute approximate surface area is 245 Å². The zero-order valence-corrected chi connectivity index (χ0v) is 24.7. The Morgan fingerprint density at radius 3 is 2.50 bits per heavy atom. The van der Waals surface area contributed by atoms with E-state index in [0.29, 0.717) is 46.0 Å². The first-order valence-corrected chi connectivity index (χ1v) is 14.7. The molecule has 0 aliphatic carbocycles. The SMILES string of the molecule is Cc1ccc(C(=O)Nc2cc(C(C)(C)C)n[nH]2)cc1Nc1ncnc2c(N)nc(N3CCC(N4CCCC4)CC3)nc12. The van der Waals surface area contributed by atoms with E-state index in [4.69, 9.17) is 10.7 Å². The first-order valence-electron chi connectivity index (χ1n) is 14.7. The molecule has 5 heterocycles. The fourth-order valence-electron chi connectivity index (χ4n) is 5.72. The van der Waals surface area contributed by atoms with Gasteiger partial charge in [0.2, 0.25) is 5.95 Å². The largest absolute Gasteiger partial charge is 0.382 e. The fourth-order valence-corrected chi connectivity index (χ4v) is 5.72. The van der Waals surface area contributed by atoms with Gasteiger partial charge in [-0.1, -0.05) is 26.8 Å². The minimum absolute atomic E-state index is 0.127. The van der Waals surface area contributed by atoms with Crippen molar-refractivity contribution in [3.8, 4) is 0 Å². The molecule has 0 unspecified atom stereocenters. The predicted molar refractivity (Wildman–Crippen MR) is 165 cm³/mol. The lowest BCUT2D eigenvalue weighted by molar-refractivity contribution is 0.102. The summed E-state index contributed by atoms with van der Waals surface area (Å²) in [7, 11) is 0. The Hall–Kier alpha value is -4.32. The molecule has 5 N–H and O–H groups in total. The Morgan fingerprint density at radius 1 is 1.02 bits per heavy atom. The number of aromatic nitrogens is 6. The van der Waals surface area contributed by atoms with Gasteiger partial charge in [0, 0.05) is 41.9 Å². The van der Waals surface area contributed by atoms with Gasteiger partial charge >= 0.3 is 0 Å². The van der Waals surface area contributed by atoms with Gasteiger partial charge in [-0.15, -0.1) is 0 Å². The van der Waals surface area contributed by atoms with E-state index in [1.807, 2.05) is 19.1 Å². The summed E-state index contributed by atoms with van der Waals surface area (Å²) in [5.74, 6) is 1.72. The highest BCUT2D eigenvalue weighted by molar-refractivity contribution is 6.04. The summed E-state index contributed by atoms with van der Waals surface area (Å²) in [4.78, 5) is 36.3. The average molecular weight is 570 g/mol. The topological polar surface area (TPSA) is 154 Å². The molecule has 2 aliphatic rings. The molecule has 12 heteroatoms. The highest BCUT2D eigenvalue weighted by atomic mass is 16.1. The number of hydrogen-bond donors (Lipinski definition) is 4. The van der Waals surface area contributed by atoms with Gasteiger partial charge in [-0.2, -0.15) is 10.1 Å². The summed E-state index contributed by atoms with van der Waals surface area (Å²) < 4.78 is 0. The molecule has 220 valence electrons. The highest BCUT2D eigenvalue weighted by Gasteiger charge is 2.28. The van der Waals surface area contributed by atoms with Gasteiger partial charge in [-0.25, -0.2) is 15.0 Å². The number of hydrogen-bond acceptors (Lipinski definition) is 10. The summed E-state index contributed by atoms with van der Waals surface area (Å²) in [5.41, 5.74) is 10.3. The maximum Gasteiger partial charge on any atom is 0.256 e. The van der Waals surface area contributed by atoms with E-state index in [2.05, 4.69) is 66.4 Å². The maximum atomic E-state index is 13.1. The van der Waals surface area contributed by atoms with Crippen molar-refractivity contribution >= 4 is 46.0 Å². The van der Waals surface area contributed by atoms with Gasteiger partial charge < -0.3 is 26.2 Å². The molecule has 0 bridgehead atoms. The molecule has 4 aromatic rings. The van der Waals surface area contributed by atoms with E-state index in [-0.39, 0.29) is 11.3 Å². The number of anilines is 5. The lowest BCUT2D eigenvalue weighted by atomic mass is 9.92. The molecular formula is C30H39N11O. The van der Waals surface area contributed by atoms with Crippen LogP contribution in [0.1, 0.15) is 68.1 Å². The summed E-state index contributed by atoms with van der Waals surface area (Å²) in [6.45, 7) is 12.4. The molecule has 0 spiro atoms. The van der Waals surface area contributed by atoms with Crippen LogP contribution in [0, 0.1) is 6.92 Å². The monoisotopic (exact) mass is 569 g/mol. The van der Waals surface area contributed by atoms with Gasteiger partial charge in [0.25, 0.3) is 5.91 Å². The first kappa shape index (κ1) is 27.8. The predicted octanol–water partition coefficient (Wildman–Crippen LogP) is 4.39. The molecule has 2 saturated heterocycles. The van der Waals surface area contributed by atoms with E-state index in [1.165, 1.54) is 32.3 Å². The number of aryl methyl sites for hydroxylation is 1. The molecule has 3 aromatic heterocycles. The van der Waals surface area contributed by atoms with Crippen LogP contribution in [-0.2, 0) is 5.41 Å². The number of benzene rings is 1. The number of H-pyrrole nitrogens is 1. The Balaban J connectivity index is 1.22. The third-order valence-corrected chi connectivity index (χ3v) is 8.25. The van der Waals surface area contributed by atoms with Crippen molar-refractivity contribution in [2.45, 2.75) is 64.8 Å². The smallest absolute Gasteiger partial charge is 0.256 e. The summed E-state index contributed by atoms with van der Waals surface area (Å²) in [6.07, 6.45) is 6.22. The molecule has 2 fully saturated rings. The third-order valence-electron chi connectivity index (χ3n) is 8.25. The van der Waals surface area contributed by atoms with Gasteiger partial charge in [0.1, 0.15) is 23.2 Å². The second-order valence-corrected chi connectivity index (χ2v) is 12.3. The van der Waals surface area contributed by atoms with Crippen molar-refractivity contribution in [2.24, 2.45) is 0 Å². The number of nitrogen functional groups attached to an aromatic ring is 1. The zero-order valence-electron chi connectivity index (χ0n) is 24.7. The molecule has 2 aliphatic heterocycles. The first-order chi connectivity index (χ1) is 20.2. The molecule has 12 nitrogen and oxygen atoms in total.